The van der Waals surface area contributed by atoms with Crippen molar-refractivity contribution in [3.05, 3.63) is 59.2 Å². The largest absolute Gasteiger partial charge is 0.491 e. The number of ether oxygens (including phenoxy) is 1. The number of nitrogens with two attached hydrogens (primary N) is 1. The zero-order chi connectivity index (χ0) is 14.5. The topological polar surface area (TPSA) is 52.3 Å². The number of nitrogen functional groups attached to an aromatic ring is 1. The first-order valence-electron chi connectivity index (χ1n) is 6.82. The molecule has 3 heteroatoms. The highest BCUT2D eigenvalue weighted by Gasteiger charge is 2.16. The van der Waals surface area contributed by atoms with Gasteiger partial charge in [0.05, 0.1) is 17.9 Å². The second kappa shape index (κ2) is 6.24. The van der Waals surface area contributed by atoms with E-state index in [4.69, 9.17) is 10.5 Å². The molecule has 0 atom stereocenters. The van der Waals surface area contributed by atoms with Gasteiger partial charge in [0, 0.05) is 5.56 Å². The molecule has 2 rings (SSSR count). The molecule has 0 saturated carbocycles. The van der Waals surface area contributed by atoms with Gasteiger partial charge < -0.3 is 10.5 Å². The number of rotatable bonds is 5. The molecular weight excluding hydrogens is 250 g/mol. The van der Waals surface area contributed by atoms with E-state index in [1.54, 1.807) is 18.2 Å². The summed E-state index contributed by atoms with van der Waals surface area (Å²) in [7, 11) is 0. The second-order valence-corrected chi connectivity index (χ2v) is 4.54. The molecule has 3 nitrogen and oxygen atoms in total. The van der Waals surface area contributed by atoms with E-state index in [1.165, 1.54) is 5.56 Å². The lowest BCUT2D eigenvalue weighted by Gasteiger charge is -2.12. The highest BCUT2D eigenvalue weighted by atomic mass is 16.5. The van der Waals surface area contributed by atoms with Gasteiger partial charge in [0.25, 0.3) is 0 Å². The summed E-state index contributed by atoms with van der Waals surface area (Å²) < 4.78 is 5.51. The van der Waals surface area contributed by atoms with Crippen molar-refractivity contribution in [1.29, 1.82) is 0 Å². The number of anilines is 1. The van der Waals surface area contributed by atoms with E-state index in [0.29, 0.717) is 29.2 Å². The van der Waals surface area contributed by atoms with Gasteiger partial charge in [-0.05, 0) is 31.0 Å². The third-order valence-corrected chi connectivity index (χ3v) is 3.20. The van der Waals surface area contributed by atoms with Crippen LogP contribution < -0.4 is 10.5 Å². The number of benzene rings is 2. The minimum atomic E-state index is -0.0663. The molecule has 0 radical (unpaired) electrons. The molecule has 0 heterocycles. The van der Waals surface area contributed by atoms with Gasteiger partial charge in [-0.25, -0.2) is 0 Å². The van der Waals surface area contributed by atoms with Gasteiger partial charge >= 0.3 is 0 Å². The Morgan fingerprint density at radius 2 is 1.80 bits per heavy atom. The van der Waals surface area contributed by atoms with Crippen molar-refractivity contribution in [3.63, 3.8) is 0 Å². The zero-order valence-corrected chi connectivity index (χ0v) is 11.8. The van der Waals surface area contributed by atoms with Gasteiger partial charge in [0.15, 0.2) is 11.5 Å². The third kappa shape index (κ3) is 2.82. The number of hydrogen-bond acceptors (Lipinski definition) is 3. The SMILES string of the molecule is CCOc1c(N)cccc1C(=O)c1ccc(CC)cc1. The van der Waals surface area contributed by atoms with Crippen molar-refractivity contribution in [2.24, 2.45) is 0 Å². The maximum absolute atomic E-state index is 12.6. The summed E-state index contributed by atoms with van der Waals surface area (Å²) in [4.78, 5) is 12.6. The van der Waals surface area contributed by atoms with Crippen molar-refractivity contribution in [3.8, 4) is 5.75 Å². The Balaban J connectivity index is 2.39. The van der Waals surface area contributed by atoms with Crippen LogP contribution in [0.25, 0.3) is 0 Å². The molecule has 2 N–H and O–H groups in total. The smallest absolute Gasteiger partial charge is 0.196 e. The van der Waals surface area contributed by atoms with Gasteiger partial charge in [-0.3, -0.25) is 4.79 Å². The molecule has 0 saturated heterocycles. The first kappa shape index (κ1) is 14.1. The van der Waals surface area contributed by atoms with Crippen LogP contribution in [-0.4, -0.2) is 12.4 Å². The number of ketones is 1. The average molecular weight is 269 g/mol. The van der Waals surface area contributed by atoms with E-state index in [-0.39, 0.29) is 5.78 Å². The van der Waals surface area contributed by atoms with E-state index >= 15 is 0 Å². The lowest BCUT2D eigenvalue weighted by Crippen LogP contribution is -2.07. The van der Waals surface area contributed by atoms with Crippen LogP contribution in [0.1, 0.15) is 35.3 Å². The van der Waals surface area contributed by atoms with E-state index in [9.17, 15) is 4.79 Å². The number of para-hydroxylation sites is 1. The van der Waals surface area contributed by atoms with Crippen LogP contribution in [0.4, 0.5) is 5.69 Å². The van der Waals surface area contributed by atoms with E-state index in [2.05, 4.69) is 6.92 Å². The van der Waals surface area contributed by atoms with Crippen molar-refractivity contribution in [2.75, 3.05) is 12.3 Å². The maximum Gasteiger partial charge on any atom is 0.196 e. The van der Waals surface area contributed by atoms with Gasteiger partial charge in [-0.1, -0.05) is 37.3 Å². The number of hydrogen-bond donors (Lipinski definition) is 1. The Bertz CT molecular complexity index is 603. The minimum absolute atomic E-state index is 0.0663. The molecule has 0 spiro atoms. The Hall–Kier alpha value is -2.29. The molecular formula is C17H19NO2. The molecule has 2 aromatic carbocycles. The normalized spacial score (nSPS) is 10.3. The first-order valence-corrected chi connectivity index (χ1v) is 6.82. The summed E-state index contributed by atoms with van der Waals surface area (Å²) in [6.45, 7) is 4.43. The van der Waals surface area contributed by atoms with Crippen molar-refractivity contribution in [2.45, 2.75) is 20.3 Å². The lowest BCUT2D eigenvalue weighted by atomic mass is 10.00. The van der Waals surface area contributed by atoms with Crippen LogP contribution in [-0.2, 0) is 6.42 Å². The first-order chi connectivity index (χ1) is 9.67. The monoisotopic (exact) mass is 269 g/mol. The zero-order valence-electron chi connectivity index (χ0n) is 11.8. The summed E-state index contributed by atoms with van der Waals surface area (Å²) in [6.07, 6.45) is 0.955. The predicted molar refractivity (Wildman–Crippen MR) is 81.3 cm³/mol. The van der Waals surface area contributed by atoms with Crippen LogP contribution in [0, 0.1) is 0 Å². The fourth-order valence-electron chi connectivity index (χ4n) is 2.09. The fourth-order valence-corrected chi connectivity index (χ4v) is 2.09. The third-order valence-electron chi connectivity index (χ3n) is 3.20. The molecule has 0 bridgehead atoms. The second-order valence-electron chi connectivity index (χ2n) is 4.54. The van der Waals surface area contributed by atoms with Crippen LogP contribution >= 0.6 is 0 Å². The lowest BCUT2D eigenvalue weighted by molar-refractivity contribution is 0.103. The van der Waals surface area contributed by atoms with Gasteiger partial charge in [-0.2, -0.15) is 0 Å². The maximum atomic E-state index is 12.6. The standard InChI is InChI=1S/C17H19NO2/c1-3-12-8-10-13(11-9-12)16(19)14-6-5-7-15(18)17(14)20-4-2/h5-11H,3-4,18H2,1-2H3. The Labute approximate surface area is 119 Å². The fraction of sp³-hybridized carbons (Fsp3) is 0.235. The summed E-state index contributed by atoms with van der Waals surface area (Å²) in [5, 5.41) is 0. The Kier molecular flexibility index (Phi) is 4.41. The number of carbonyl (C=O) groups is 1. The summed E-state index contributed by atoms with van der Waals surface area (Å²) in [5.74, 6) is 0.406. The molecule has 0 aliphatic heterocycles. The van der Waals surface area contributed by atoms with Crippen LogP contribution in [0.15, 0.2) is 42.5 Å². The Morgan fingerprint density at radius 1 is 1.10 bits per heavy atom. The highest BCUT2D eigenvalue weighted by Crippen LogP contribution is 2.28. The molecule has 0 fully saturated rings. The van der Waals surface area contributed by atoms with E-state index in [0.717, 1.165) is 6.42 Å². The molecule has 0 aromatic heterocycles. The van der Waals surface area contributed by atoms with E-state index in [1.807, 2.05) is 31.2 Å². The quantitative estimate of drug-likeness (QED) is 0.668. The molecule has 0 aliphatic carbocycles. The van der Waals surface area contributed by atoms with Gasteiger partial charge in [0.1, 0.15) is 0 Å². The molecule has 0 unspecified atom stereocenters. The van der Waals surface area contributed by atoms with Gasteiger partial charge in [0.2, 0.25) is 0 Å². The van der Waals surface area contributed by atoms with Crippen molar-refractivity contribution >= 4 is 11.5 Å². The summed E-state index contributed by atoms with van der Waals surface area (Å²) >= 11 is 0. The summed E-state index contributed by atoms with van der Waals surface area (Å²) in [5.41, 5.74) is 8.75. The molecule has 20 heavy (non-hydrogen) atoms. The average Bonchev–Trinajstić information content (AvgIpc) is 2.49. The van der Waals surface area contributed by atoms with Crippen LogP contribution in [0.2, 0.25) is 0 Å². The minimum Gasteiger partial charge on any atom is -0.491 e. The van der Waals surface area contributed by atoms with Crippen molar-refractivity contribution < 1.29 is 9.53 Å². The van der Waals surface area contributed by atoms with Crippen LogP contribution in [0.5, 0.6) is 5.75 Å². The predicted octanol–water partition coefficient (Wildman–Crippen LogP) is 3.46. The molecule has 2 aromatic rings. The van der Waals surface area contributed by atoms with Crippen molar-refractivity contribution in [1.82, 2.24) is 0 Å². The highest BCUT2D eigenvalue weighted by molar-refractivity contribution is 6.11. The van der Waals surface area contributed by atoms with Crippen LogP contribution in [0.3, 0.4) is 0 Å². The summed E-state index contributed by atoms with van der Waals surface area (Å²) in [6, 6.07) is 12.9. The molecule has 104 valence electrons. The number of aryl methyl sites for hydroxylation is 1. The number of carbonyl (C=O) groups excluding carboxylic acids is 1. The van der Waals surface area contributed by atoms with E-state index < -0.39 is 0 Å². The molecule has 0 aliphatic rings. The van der Waals surface area contributed by atoms with Gasteiger partial charge in [-0.15, -0.1) is 0 Å². The Morgan fingerprint density at radius 3 is 2.40 bits per heavy atom. The molecule has 0 amide bonds.